The number of amides is 1. The molecule has 0 fully saturated rings. The van der Waals surface area contributed by atoms with E-state index < -0.39 is 0 Å². The van der Waals surface area contributed by atoms with E-state index in [2.05, 4.69) is 0 Å². The average molecular weight is 232 g/mol. The highest BCUT2D eigenvalue weighted by atomic mass is 16.2. The molecule has 0 bridgehead atoms. The normalized spacial score (nSPS) is 18.1. The van der Waals surface area contributed by atoms with Crippen LogP contribution in [0.2, 0.25) is 0 Å². The van der Waals surface area contributed by atoms with Gasteiger partial charge >= 0.3 is 0 Å². The van der Waals surface area contributed by atoms with Gasteiger partial charge in [0, 0.05) is 24.2 Å². The number of hydrogen-bond donors (Lipinski definition) is 1. The summed E-state index contributed by atoms with van der Waals surface area (Å²) in [6, 6.07) is 5.58. The first kappa shape index (κ1) is 11.8. The van der Waals surface area contributed by atoms with Crippen molar-refractivity contribution in [2.45, 2.75) is 26.3 Å². The zero-order valence-electron chi connectivity index (χ0n) is 10.1. The van der Waals surface area contributed by atoms with E-state index in [1.807, 2.05) is 19.1 Å². The number of rotatable bonds is 2. The molecule has 4 nitrogen and oxygen atoms in total. The number of hydrogen-bond acceptors (Lipinski definition) is 3. The lowest BCUT2D eigenvalue weighted by molar-refractivity contribution is -0.116. The van der Waals surface area contributed by atoms with Crippen LogP contribution < -0.4 is 10.6 Å². The van der Waals surface area contributed by atoms with Crippen LogP contribution in [0.3, 0.4) is 0 Å². The summed E-state index contributed by atoms with van der Waals surface area (Å²) in [5, 5.41) is 0. The predicted octanol–water partition coefficient (Wildman–Crippen LogP) is 1.13. The third-order valence-corrected chi connectivity index (χ3v) is 3.14. The molecule has 1 aliphatic heterocycles. The summed E-state index contributed by atoms with van der Waals surface area (Å²) in [6.07, 6.45) is 0.792. The monoisotopic (exact) mass is 232 g/mol. The van der Waals surface area contributed by atoms with Crippen molar-refractivity contribution in [3.05, 3.63) is 29.3 Å². The number of carbonyl (C=O) groups excluding carboxylic acids is 2. The molecule has 1 amide bonds. The third-order valence-electron chi connectivity index (χ3n) is 3.14. The van der Waals surface area contributed by atoms with Gasteiger partial charge in [-0.15, -0.1) is 0 Å². The van der Waals surface area contributed by atoms with Gasteiger partial charge in [-0.1, -0.05) is 0 Å². The van der Waals surface area contributed by atoms with Gasteiger partial charge in [0.1, 0.15) is 0 Å². The number of anilines is 1. The second kappa shape index (κ2) is 4.30. The second-order valence-corrected chi connectivity index (χ2v) is 4.41. The van der Waals surface area contributed by atoms with Gasteiger partial charge in [0.25, 0.3) is 0 Å². The quantitative estimate of drug-likeness (QED) is 0.777. The number of ketones is 1. The molecule has 0 spiro atoms. The Labute approximate surface area is 100 Å². The molecule has 1 atom stereocenters. The highest BCUT2D eigenvalue weighted by Gasteiger charge is 2.29. The topological polar surface area (TPSA) is 63.4 Å². The molecule has 2 N–H and O–H groups in total. The van der Waals surface area contributed by atoms with Crippen molar-refractivity contribution < 1.29 is 9.59 Å². The summed E-state index contributed by atoms with van der Waals surface area (Å²) >= 11 is 0. The molecule has 17 heavy (non-hydrogen) atoms. The van der Waals surface area contributed by atoms with Crippen LogP contribution in [0.25, 0.3) is 0 Å². The Morgan fingerprint density at radius 2 is 2.18 bits per heavy atom. The first-order valence-corrected chi connectivity index (χ1v) is 5.70. The minimum Gasteiger partial charge on any atom is -0.324 e. The molecule has 2 rings (SSSR count). The number of nitrogens with zero attached hydrogens (tertiary/aromatic N) is 1. The molecule has 1 aliphatic rings. The van der Waals surface area contributed by atoms with E-state index in [-0.39, 0.29) is 24.3 Å². The van der Waals surface area contributed by atoms with Crippen molar-refractivity contribution in [3.8, 4) is 0 Å². The predicted molar refractivity (Wildman–Crippen MR) is 66.2 cm³/mol. The lowest BCUT2D eigenvalue weighted by Crippen LogP contribution is -2.33. The number of fused-ring (bicyclic) bond motifs is 1. The zero-order chi connectivity index (χ0) is 12.6. The average Bonchev–Trinajstić information content (AvgIpc) is 2.62. The molecule has 4 heteroatoms. The molecule has 1 heterocycles. The molecule has 1 aromatic rings. The van der Waals surface area contributed by atoms with Crippen LogP contribution >= 0.6 is 0 Å². The summed E-state index contributed by atoms with van der Waals surface area (Å²) in [6.45, 7) is 3.58. The highest BCUT2D eigenvalue weighted by Crippen LogP contribution is 2.32. The van der Waals surface area contributed by atoms with Crippen LogP contribution in [0.4, 0.5) is 5.69 Å². The Balaban J connectivity index is 2.41. The van der Waals surface area contributed by atoms with E-state index in [0.717, 1.165) is 17.7 Å². The summed E-state index contributed by atoms with van der Waals surface area (Å²) in [7, 11) is 0. The second-order valence-electron chi connectivity index (χ2n) is 4.41. The first-order valence-electron chi connectivity index (χ1n) is 5.70. The Hall–Kier alpha value is -1.68. The van der Waals surface area contributed by atoms with E-state index in [4.69, 9.17) is 5.73 Å². The lowest BCUT2D eigenvalue weighted by atomic mass is 10.0. The first-order chi connectivity index (χ1) is 8.04. The van der Waals surface area contributed by atoms with Crippen molar-refractivity contribution in [1.29, 1.82) is 0 Å². The molecule has 0 saturated carbocycles. The van der Waals surface area contributed by atoms with Crippen molar-refractivity contribution in [2.75, 3.05) is 11.4 Å². The van der Waals surface area contributed by atoms with Crippen LogP contribution in [-0.2, 0) is 11.2 Å². The number of carbonyl (C=O) groups is 2. The fourth-order valence-electron chi connectivity index (χ4n) is 2.40. The molecule has 90 valence electrons. The minimum absolute atomic E-state index is 0.0186. The Bertz CT molecular complexity index is 482. The molecule has 1 aromatic carbocycles. The van der Waals surface area contributed by atoms with E-state index in [1.165, 1.54) is 0 Å². The van der Waals surface area contributed by atoms with Gasteiger partial charge in [0.05, 0.1) is 6.54 Å². The Morgan fingerprint density at radius 1 is 1.47 bits per heavy atom. The lowest BCUT2D eigenvalue weighted by Gasteiger charge is -2.20. The number of Topliss-reactive ketones (excluding diaryl/α,β-unsaturated/α-hetero) is 1. The van der Waals surface area contributed by atoms with E-state index >= 15 is 0 Å². The molecular formula is C13H16N2O2. The van der Waals surface area contributed by atoms with Gasteiger partial charge in [-0.3, -0.25) is 9.59 Å². The zero-order valence-corrected chi connectivity index (χ0v) is 10.1. The van der Waals surface area contributed by atoms with E-state index in [0.29, 0.717) is 5.56 Å². The SMILES string of the molecule is CC(=O)N1c2ccc(C(=O)CN)cc2CC1C. The van der Waals surface area contributed by atoms with Gasteiger partial charge in [-0.05, 0) is 37.1 Å². The summed E-state index contributed by atoms with van der Waals surface area (Å²) < 4.78 is 0. The fraction of sp³-hybridized carbons (Fsp3) is 0.385. The number of nitrogens with two attached hydrogens (primary N) is 1. The van der Waals surface area contributed by atoms with Crippen LogP contribution in [0, 0.1) is 0 Å². The third kappa shape index (κ3) is 1.96. The molecule has 0 aliphatic carbocycles. The molecule has 0 radical (unpaired) electrons. The van der Waals surface area contributed by atoms with Crippen molar-refractivity contribution in [2.24, 2.45) is 5.73 Å². The fourth-order valence-corrected chi connectivity index (χ4v) is 2.40. The van der Waals surface area contributed by atoms with Gasteiger partial charge in [-0.25, -0.2) is 0 Å². The maximum absolute atomic E-state index is 11.5. The smallest absolute Gasteiger partial charge is 0.224 e. The van der Waals surface area contributed by atoms with Gasteiger partial charge < -0.3 is 10.6 Å². The maximum atomic E-state index is 11.5. The van der Waals surface area contributed by atoms with E-state index in [1.54, 1.807) is 17.9 Å². The minimum atomic E-state index is -0.0678. The van der Waals surface area contributed by atoms with Gasteiger partial charge in [0.15, 0.2) is 5.78 Å². The van der Waals surface area contributed by atoms with Crippen LogP contribution in [0.5, 0.6) is 0 Å². The van der Waals surface area contributed by atoms with Crippen LogP contribution in [0.15, 0.2) is 18.2 Å². The van der Waals surface area contributed by atoms with E-state index in [9.17, 15) is 9.59 Å². The molecule has 0 aromatic heterocycles. The molecule has 0 saturated heterocycles. The summed E-state index contributed by atoms with van der Waals surface area (Å²) in [5.41, 5.74) is 7.93. The standard InChI is InChI=1S/C13H16N2O2/c1-8-5-11-6-10(13(17)7-14)3-4-12(11)15(8)9(2)16/h3-4,6,8H,5,7,14H2,1-2H3. The van der Waals surface area contributed by atoms with Gasteiger partial charge in [0.2, 0.25) is 5.91 Å². The van der Waals surface area contributed by atoms with Crippen molar-refractivity contribution in [3.63, 3.8) is 0 Å². The van der Waals surface area contributed by atoms with Crippen LogP contribution in [-0.4, -0.2) is 24.3 Å². The highest BCUT2D eigenvalue weighted by molar-refractivity contribution is 6.00. The maximum Gasteiger partial charge on any atom is 0.224 e. The van der Waals surface area contributed by atoms with Crippen molar-refractivity contribution >= 4 is 17.4 Å². The Kier molecular flexibility index (Phi) is 2.98. The number of benzene rings is 1. The largest absolute Gasteiger partial charge is 0.324 e. The van der Waals surface area contributed by atoms with Gasteiger partial charge in [-0.2, -0.15) is 0 Å². The summed E-state index contributed by atoms with van der Waals surface area (Å²) in [4.78, 5) is 24.8. The molecular weight excluding hydrogens is 216 g/mol. The van der Waals surface area contributed by atoms with Crippen LogP contribution in [0.1, 0.15) is 29.8 Å². The summed E-state index contributed by atoms with van der Waals surface area (Å²) in [5.74, 6) is -0.0316. The van der Waals surface area contributed by atoms with Crippen molar-refractivity contribution in [1.82, 2.24) is 0 Å². The molecule has 1 unspecified atom stereocenters. The Morgan fingerprint density at radius 3 is 2.76 bits per heavy atom.